The molecule has 0 saturated carbocycles. The Morgan fingerprint density at radius 2 is 1.68 bits per heavy atom. The van der Waals surface area contributed by atoms with Gasteiger partial charge < -0.3 is 18.9 Å². The van der Waals surface area contributed by atoms with E-state index in [4.69, 9.17) is 18.9 Å². The third-order valence-electron chi connectivity index (χ3n) is 3.57. The summed E-state index contributed by atoms with van der Waals surface area (Å²) in [5, 5.41) is 0. The van der Waals surface area contributed by atoms with E-state index in [9.17, 15) is 0 Å². The Morgan fingerprint density at radius 1 is 1.00 bits per heavy atom. The van der Waals surface area contributed by atoms with Gasteiger partial charge in [-0.1, -0.05) is 26.2 Å². The molecule has 3 unspecified atom stereocenters. The lowest BCUT2D eigenvalue weighted by molar-refractivity contribution is 0.0218. The zero-order valence-electron chi connectivity index (χ0n) is 12.1. The van der Waals surface area contributed by atoms with Crippen LogP contribution >= 0.6 is 0 Å². The van der Waals surface area contributed by atoms with E-state index in [1.807, 2.05) is 0 Å². The molecule has 0 aromatic rings. The van der Waals surface area contributed by atoms with Crippen LogP contribution in [0.5, 0.6) is 0 Å². The maximum absolute atomic E-state index is 5.95. The maximum Gasteiger partial charge on any atom is 0.104 e. The van der Waals surface area contributed by atoms with Gasteiger partial charge in [0.15, 0.2) is 0 Å². The molecule has 4 heteroatoms. The van der Waals surface area contributed by atoms with Gasteiger partial charge in [0.1, 0.15) is 12.2 Å². The zero-order chi connectivity index (χ0) is 13.3. The molecule has 112 valence electrons. The normalized spacial score (nSPS) is 26.4. The Balaban J connectivity index is 1.48. The molecule has 0 N–H and O–H groups in total. The smallest absolute Gasteiger partial charge is 0.104 e. The molecule has 4 nitrogen and oxygen atoms in total. The molecule has 0 aliphatic carbocycles. The van der Waals surface area contributed by atoms with Gasteiger partial charge in [0.2, 0.25) is 0 Å². The topological polar surface area (TPSA) is 43.5 Å². The molecule has 2 heterocycles. The van der Waals surface area contributed by atoms with Gasteiger partial charge in [0.05, 0.1) is 32.5 Å². The van der Waals surface area contributed by atoms with E-state index in [0.717, 1.165) is 45.9 Å². The fourth-order valence-electron chi connectivity index (χ4n) is 2.13. The van der Waals surface area contributed by atoms with Gasteiger partial charge in [-0.15, -0.1) is 0 Å². The minimum Gasteiger partial charge on any atom is -0.379 e. The first-order valence-corrected chi connectivity index (χ1v) is 7.81. The summed E-state index contributed by atoms with van der Waals surface area (Å²) in [5.74, 6) is 0. The molecular weight excluding hydrogens is 244 g/mol. The van der Waals surface area contributed by atoms with Crippen molar-refractivity contribution in [1.29, 1.82) is 0 Å². The first-order chi connectivity index (χ1) is 9.38. The number of hydrogen-bond donors (Lipinski definition) is 0. The molecule has 0 radical (unpaired) electrons. The summed E-state index contributed by atoms with van der Waals surface area (Å²) in [6, 6.07) is 0. The van der Waals surface area contributed by atoms with E-state index in [2.05, 4.69) is 6.92 Å². The van der Waals surface area contributed by atoms with Crippen LogP contribution in [0.2, 0.25) is 0 Å². The van der Waals surface area contributed by atoms with Crippen LogP contribution in [0.3, 0.4) is 0 Å². The van der Waals surface area contributed by atoms with Crippen LogP contribution in [0.15, 0.2) is 0 Å². The molecule has 19 heavy (non-hydrogen) atoms. The van der Waals surface area contributed by atoms with E-state index < -0.39 is 0 Å². The summed E-state index contributed by atoms with van der Waals surface area (Å²) in [5.41, 5.74) is 0. The monoisotopic (exact) mass is 272 g/mol. The van der Waals surface area contributed by atoms with E-state index in [1.54, 1.807) is 0 Å². The Morgan fingerprint density at radius 3 is 2.37 bits per heavy atom. The number of hydrogen-bond acceptors (Lipinski definition) is 4. The summed E-state index contributed by atoms with van der Waals surface area (Å²) in [6.45, 7) is 6.36. The molecule has 3 atom stereocenters. The SMILES string of the molecule is CCCCCC(CCCOCC1CO1)OCC1CO1. The zero-order valence-corrected chi connectivity index (χ0v) is 12.1. The summed E-state index contributed by atoms with van der Waals surface area (Å²) in [4.78, 5) is 0. The fourth-order valence-corrected chi connectivity index (χ4v) is 2.13. The predicted molar refractivity (Wildman–Crippen MR) is 73.4 cm³/mol. The number of unbranched alkanes of at least 4 members (excludes halogenated alkanes) is 2. The van der Waals surface area contributed by atoms with E-state index in [0.29, 0.717) is 18.3 Å². The van der Waals surface area contributed by atoms with Gasteiger partial charge in [-0.25, -0.2) is 0 Å². The quantitative estimate of drug-likeness (QED) is 0.382. The van der Waals surface area contributed by atoms with E-state index >= 15 is 0 Å². The van der Waals surface area contributed by atoms with Crippen molar-refractivity contribution in [3.05, 3.63) is 0 Å². The lowest BCUT2D eigenvalue weighted by Gasteiger charge is -2.17. The molecule has 0 bridgehead atoms. The van der Waals surface area contributed by atoms with Crippen molar-refractivity contribution in [1.82, 2.24) is 0 Å². The lowest BCUT2D eigenvalue weighted by Crippen LogP contribution is -2.17. The van der Waals surface area contributed by atoms with Gasteiger partial charge in [-0.2, -0.15) is 0 Å². The molecule has 0 aromatic heterocycles. The molecule has 0 amide bonds. The molecule has 2 saturated heterocycles. The van der Waals surface area contributed by atoms with Crippen LogP contribution in [0, 0.1) is 0 Å². The molecule has 0 spiro atoms. The van der Waals surface area contributed by atoms with Gasteiger partial charge >= 0.3 is 0 Å². The molecule has 2 aliphatic heterocycles. The highest BCUT2D eigenvalue weighted by Gasteiger charge is 2.24. The number of epoxide rings is 2. The summed E-state index contributed by atoms with van der Waals surface area (Å²) >= 11 is 0. The van der Waals surface area contributed by atoms with Crippen molar-refractivity contribution >= 4 is 0 Å². The Bertz CT molecular complexity index is 226. The van der Waals surface area contributed by atoms with Crippen molar-refractivity contribution in [2.24, 2.45) is 0 Å². The predicted octanol–water partition coefficient (Wildman–Crippen LogP) is 2.55. The lowest BCUT2D eigenvalue weighted by atomic mass is 10.1. The van der Waals surface area contributed by atoms with Crippen molar-refractivity contribution in [2.75, 3.05) is 33.0 Å². The highest BCUT2D eigenvalue weighted by Crippen LogP contribution is 2.16. The molecule has 2 rings (SSSR count). The van der Waals surface area contributed by atoms with Crippen molar-refractivity contribution in [3.8, 4) is 0 Å². The van der Waals surface area contributed by atoms with Crippen molar-refractivity contribution in [2.45, 2.75) is 63.8 Å². The summed E-state index contributed by atoms with van der Waals surface area (Å²) in [7, 11) is 0. The van der Waals surface area contributed by atoms with Crippen LogP contribution < -0.4 is 0 Å². The highest BCUT2D eigenvalue weighted by molar-refractivity contribution is 4.70. The standard InChI is InChI=1S/C15H28O4/c1-2-3-4-6-13(17-11-15-12-19-15)7-5-8-16-9-14-10-18-14/h13-15H,2-12H2,1H3. The summed E-state index contributed by atoms with van der Waals surface area (Å²) in [6.07, 6.45) is 8.32. The first kappa shape index (κ1) is 15.2. The second-order valence-electron chi connectivity index (χ2n) is 5.58. The number of ether oxygens (including phenoxy) is 4. The molecule has 2 aliphatic rings. The largest absolute Gasteiger partial charge is 0.379 e. The molecule has 0 aromatic carbocycles. The minimum atomic E-state index is 0.372. The van der Waals surface area contributed by atoms with Gasteiger partial charge in [0, 0.05) is 6.61 Å². The third kappa shape index (κ3) is 7.88. The highest BCUT2D eigenvalue weighted by atomic mass is 16.6. The van der Waals surface area contributed by atoms with Crippen LogP contribution in [0.1, 0.15) is 45.4 Å². The Hall–Kier alpha value is -0.160. The van der Waals surface area contributed by atoms with Crippen molar-refractivity contribution in [3.63, 3.8) is 0 Å². The van der Waals surface area contributed by atoms with Gasteiger partial charge in [-0.3, -0.25) is 0 Å². The number of rotatable bonds is 13. The van der Waals surface area contributed by atoms with Crippen LogP contribution in [-0.4, -0.2) is 51.3 Å². The average Bonchev–Trinajstić information content (AvgIpc) is 3.27. The van der Waals surface area contributed by atoms with Gasteiger partial charge in [0.25, 0.3) is 0 Å². The Kier molecular flexibility index (Phi) is 7.14. The summed E-state index contributed by atoms with van der Waals surface area (Å²) < 4.78 is 21.8. The maximum atomic E-state index is 5.95. The first-order valence-electron chi connectivity index (χ1n) is 7.81. The average molecular weight is 272 g/mol. The molecule has 2 fully saturated rings. The van der Waals surface area contributed by atoms with Gasteiger partial charge in [-0.05, 0) is 19.3 Å². The van der Waals surface area contributed by atoms with E-state index in [1.165, 1.54) is 25.7 Å². The van der Waals surface area contributed by atoms with E-state index in [-0.39, 0.29) is 0 Å². The fraction of sp³-hybridized carbons (Fsp3) is 1.00. The van der Waals surface area contributed by atoms with Crippen LogP contribution in [0.4, 0.5) is 0 Å². The second-order valence-corrected chi connectivity index (χ2v) is 5.58. The molecular formula is C15H28O4. The third-order valence-corrected chi connectivity index (χ3v) is 3.57. The minimum absolute atomic E-state index is 0.372. The Labute approximate surface area is 116 Å². The van der Waals surface area contributed by atoms with Crippen molar-refractivity contribution < 1.29 is 18.9 Å². The second kappa shape index (κ2) is 8.90. The van der Waals surface area contributed by atoms with Crippen LogP contribution in [-0.2, 0) is 18.9 Å². The van der Waals surface area contributed by atoms with Crippen LogP contribution in [0.25, 0.3) is 0 Å².